The lowest BCUT2D eigenvalue weighted by molar-refractivity contribution is -0.747. The molecule has 3 aliphatic rings. The van der Waals surface area contributed by atoms with Gasteiger partial charge >= 0.3 is 0 Å². The van der Waals surface area contributed by atoms with Crippen molar-refractivity contribution < 1.29 is 10.1 Å². The van der Waals surface area contributed by atoms with Crippen LogP contribution in [0.3, 0.4) is 0 Å². The van der Waals surface area contributed by atoms with E-state index < -0.39 is 0 Å². The second-order valence-electron chi connectivity index (χ2n) is 8.23. The zero-order valence-corrected chi connectivity index (χ0v) is 13.6. The van der Waals surface area contributed by atoms with Crippen molar-refractivity contribution in [3.05, 3.63) is 12.7 Å². The summed E-state index contributed by atoms with van der Waals surface area (Å²) in [6.07, 6.45) is 9.18. The third-order valence-electron chi connectivity index (χ3n) is 5.99. The Morgan fingerprint density at radius 2 is 2.10 bits per heavy atom. The fourth-order valence-corrected chi connectivity index (χ4v) is 5.27. The van der Waals surface area contributed by atoms with Crippen molar-refractivity contribution in [2.45, 2.75) is 70.5 Å². The SMILES string of the molecule is C=CCNC1C2CCCCC2[NH2+]C2CC(C)(C)CC(=O)C21. The molecule has 0 radical (unpaired) electrons. The Bertz CT molecular complexity index is 417. The number of hydrogen-bond donors (Lipinski definition) is 2. The minimum absolute atomic E-state index is 0.180. The topological polar surface area (TPSA) is 45.7 Å². The number of fused-ring (bicyclic) bond motifs is 2. The van der Waals surface area contributed by atoms with E-state index in [-0.39, 0.29) is 11.3 Å². The first-order valence-corrected chi connectivity index (χ1v) is 8.74. The van der Waals surface area contributed by atoms with Gasteiger partial charge < -0.3 is 10.6 Å². The van der Waals surface area contributed by atoms with Gasteiger partial charge in [-0.05, 0) is 24.7 Å². The summed E-state index contributed by atoms with van der Waals surface area (Å²) in [5, 5.41) is 6.25. The molecule has 3 rings (SSSR count). The molecule has 0 aromatic carbocycles. The Labute approximate surface area is 128 Å². The molecule has 0 aromatic rings. The van der Waals surface area contributed by atoms with Crippen molar-refractivity contribution in [3.63, 3.8) is 0 Å². The molecule has 21 heavy (non-hydrogen) atoms. The summed E-state index contributed by atoms with van der Waals surface area (Å²) in [5.74, 6) is 1.39. The van der Waals surface area contributed by atoms with Crippen LogP contribution in [0, 0.1) is 17.3 Å². The molecule has 2 aliphatic carbocycles. The predicted molar refractivity (Wildman–Crippen MR) is 85.0 cm³/mol. The van der Waals surface area contributed by atoms with Gasteiger partial charge in [-0.2, -0.15) is 0 Å². The van der Waals surface area contributed by atoms with Crippen LogP contribution in [-0.2, 0) is 4.79 Å². The minimum atomic E-state index is 0.180. The van der Waals surface area contributed by atoms with Gasteiger partial charge in [-0.3, -0.25) is 4.79 Å². The normalized spacial score (nSPS) is 42.0. The van der Waals surface area contributed by atoms with Gasteiger partial charge in [0.2, 0.25) is 0 Å². The Morgan fingerprint density at radius 3 is 2.86 bits per heavy atom. The van der Waals surface area contributed by atoms with Crippen LogP contribution in [0.2, 0.25) is 0 Å². The number of hydrogen-bond acceptors (Lipinski definition) is 2. The molecule has 1 heterocycles. The first kappa shape index (κ1) is 15.2. The first-order chi connectivity index (χ1) is 10.0. The monoisotopic (exact) mass is 291 g/mol. The van der Waals surface area contributed by atoms with Gasteiger partial charge in [0.1, 0.15) is 5.78 Å². The summed E-state index contributed by atoms with van der Waals surface area (Å²) in [5.41, 5.74) is 0.180. The molecule has 1 aliphatic heterocycles. The number of quaternary nitrogens is 1. The molecule has 118 valence electrons. The van der Waals surface area contributed by atoms with Crippen LogP contribution in [0.4, 0.5) is 0 Å². The van der Waals surface area contributed by atoms with E-state index >= 15 is 0 Å². The van der Waals surface area contributed by atoms with Gasteiger partial charge in [0.05, 0.1) is 18.0 Å². The molecule has 3 nitrogen and oxygen atoms in total. The van der Waals surface area contributed by atoms with Crippen LogP contribution in [0.1, 0.15) is 52.4 Å². The molecule has 0 amide bonds. The largest absolute Gasteiger partial charge is 0.340 e. The maximum atomic E-state index is 12.8. The zero-order chi connectivity index (χ0) is 15.0. The molecule has 2 saturated carbocycles. The highest BCUT2D eigenvalue weighted by Crippen LogP contribution is 2.41. The van der Waals surface area contributed by atoms with Crippen molar-refractivity contribution >= 4 is 5.78 Å². The van der Waals surface area contributed by atoms with E-state index in [1.807, 2.05) is 6.08 Å². The molecule has 1 saturated heterocycles. The molecule has 3 N–H and O–H groups in total. The van der Waals surface area contributed by atoms with Gasteiger partial charge in [-0.25, -0.2) is 0 Å². The lowest BCUT2D eigenvalue weighted by atomic mass is 9.61. The summed E-state index contributed by atoms with van der Waals surface area (Å²) in [4.78, 5) is 12.8. The third-order valence-corrected chi connectivity index (χ3v) is 5.99. The fraction of sp³-hybridized carbons (Fsp3) is 0.833. The Hall–Kier alpha value is -0.670. The Balaban J connectivity index is 1.85. The fourth-order valence-electron chi connectivity index (χ4n) is 5.27. The van der Waals surface area contributed by atoms with Crippen molar-refractivity contribution in [1.82, 2.24) is 5.32 Å². The van der Waals surface area contributed by atoms with Gasteiger partial charge in [-0.15, -0.1) is 6.58 Å². The highest BCUT2D eigenvalue weighted by atomic mass is 16.1. The molecule has 5 unspecified atom stereocenters. The molecule has 0 aromatic heterocycles. The standard InChI is InChI=1S/C18H30N2O/c1-4-9-19-17-12-7-5-6-8-13(12)20-14-10-18(2,3)11-15(21)16(14)17/h4,12-14,16-17,19-20H,1,5-11H2,2-3H3/p+1. The van der Waals surface area contributed by atoms with E-state index in [4.69, 9.17) is 0 Å². The molecular formula is C18H31N2O+. The van der Waals surface area contributed by atoms with E-state index in [1.54, 1.807) is 0 Å². The predicted octanol–water partition coefficient (Wildman–Crippen LogP) is 1.64. The van der Waals surface area contributed by atoms with Crippen molar-refractivity contribution in [1.29, 1.82) is 0 Å². The van der Waals surface area contributed by atoms with Crippen LogP contribution in [0.15, 0.2) is 12.7 Å². The van der Waals surface area contributed by atoms with Crippen molar-refractivity contribution in [2.24, 2.45) is 17.3 Å². The first-order valence-electron chi connectivity index (χ1n) is 8.74. The van der Waals surface area contributed by atoms with E-state index in [9.17, 15) is 4.79 Å². The summed E-state index contributed by atoms with van der Waals surface area (Å²) >= 11 is 0. The van der Waals surface area contributed by atoms with E-state index in [1.165, 1.54) is 32.1 Å². The second-order valence-corrected chi connectivity index (χ2v) is 8.23. The van der Waals surface area contributed by atoms with Crippen molar-refractivity contribution in [2.75, 3.05) is 6.54 Å². The van der Waals surface area contributed by atoms with Gasteiger partial charge in [-0.1, -0.05) is 26.3 Å². The number of nitrogens with two attached hydrogens (primary N) is 1. The Morgan fingerprint density at radius 1 is 1.33 bits per heavy atom. The average molecular weight is 291 g/mol. The summed E-state index contributed by atoms with van der Waals surface area (Å²) in [6.45, 7) is 9.18. The van der Waals surface area contributed by atoms with Gasteiger partial charge in [0.15, 0.2) is 0 Å². The molecule has 5 atom stereocenters. The van der Waals surface area contributed by atoms with E-state index in [0.29, 0.717) is 23.8 Å². The number of Topliss-reactive ketones (excluding diaryl/α,β-unsaturated/α-hetero) is 1. The maximum Gasteiger partial charge on any atom is 0.144 e. The summed E-state index contributed by atoms with van der Waals surface area (Å²) in [6, 6.07) is 1.60. The lowest BCUT2D eigenvalue weighted by Gasteiger charge is -2.51. The van der Waals surface area contributed by atoms with Gasteiger partial charge in [0, 0.05) is 31.3 Å². The van der Waals surface area contributed by atoms with Crippen LogP contribution in [0.5, 0.6) is 0 Å². The van der Waals surface area contributed by atoms with Crippen LogP contribution in [0.25, 0.3) is 0 Å². The number of nitrogens with one attached hydrogen (secondary N) is 1. The van der Waals surface area contributed by atoms with Crippen LogP contribution < -0.4 is 10.6 Å². The molecule has 0 spiro atoms. The molecule has 3 fully saturated rings. The third kappa shape index (κ3) is 2.95. The van der Waals surface area contributed by atoms with Gasteiger partial charge in [0.25, 0.3) is 0 Å². The number of ketones is 1. The van der Waals surface area contributed by atoms with Crippen LogP contribution in [-0.4, -0.2) is 30.5 Å². The van der Waals surface area contributed by atoms with Crippen molar-refractivity contribution in [3.8, 4) is 0 Å². The maximum absolute atomic E-state index is 12.8. The molecule has 0 bridgehead atoms. The molecular weight excluding hydrogens is 260 g/mol. The number of carbonyl (C=O) groups is 1. The Kier molecular flexibility index (Phi) is 4.24. The highest BCUT2D eigenvalue weighted by molar-refractivity contribution is 5.84. The smallest absolute Gasteiger partial charge is 0.144 e. The average Bonchev–Trinajstić information content (AvgIpc) is 2.42. The van der Waals surface area contributed by atoms with E-state index in [0.717, 1.165) is 19.0 Å². The zero-order valence-electron chi connectivity index (χ0n) is 13.6. The lowest BCUT2D eigenvalue weighted by Crippen LogP contribution is -3.02. The summed E-state index contributed by atoms with van der Waals surface area (Å²) < 4.78 is 0. The van der Waals surface area contributed by atoms with Crippen LogP contribution >= 0.6 is 0 Å². The number of carbonyl (C=O) groups excluding carboxylic acids is 1. The summed E-state index contributed by atoms with van der Waals surface area (Å²) in [7, 11) is 0. The second kappa shape index (κ2) is 5.85. The number of rotatable bonds is 3. The highest BCUT2D eigenvalue weighted by Gasteiger charge is 2.54. The minimum Gasteiger partial charge on any atom is -0.340 e. The van der Waals surface area contributed by atoms with E-state index in [2.05, 4.69) is 31.1 Å². The quantitative estimate of drug-likeness (QED) is 0.777. The number of piperidine rings is 1. The molecule has 3 heteroatoms.